The Hall–Kier alpha value is -2.09. The van der Waals surface area contributed by atoms with Crippen LogP contribution >= 0.6 is 0 Å². The molecule has 0 spiro atoms. The first-order valence-corrected chi connectivity index (χ1v) is 12.1. The van der Waals surface area contributed by atoms with Crippen LogP contribution < -0.4 is 5.32 Å². The number of rotatable bonds is 9. The molecule has 1 aromatic rings. The minimum atomic E-state index is -3.71. The number of hydrogen-bond donors (Lipinski definition) is 2. The largest absolute Gasteiger partial charge is 0.356 e. The second-order valence-electron chi connectivity index (χ2n) is 7.88. The zero-order chi connectivity index (χ0) is 20.9. The van der Waals surface area contributed by atoms with Gasteiger partial charge in [0.05, 0.1) is 11.4 Å². The number of sulfonamides is 1. The van der Waals surface area contributed by atoms with Crippen molar-refractivity contribution in [2.24, 2.45) is 0 Å². The van der Waals surface area contributed by atoms with Gasteiger partial charge in [0.1, 0.15) is 0 Å². The van der Waals surface area contributed by atoms with Crippen molar-refractivity contribution in [3.8, 4) is 0 Å². The molecule has 7 nitrogen and oxygen atoms in total. The van der Waals surface area contributed by atoms with Crippen LogP contribution in [-0.4, -0.2) is 55.2 Å². The van der Waals surface area contributed by atoms with Crippen molar-refractivity contribution < 1.29 is 13.2 Å². The lowest BCUT2D eigenvalue weighted by Gasteiger charge is -2.26. The van der Waals surface area contributed by atoms with Gasteiger partial charge in [-0.05, 0) is 43.4 Å². The quantitative estimate of drug-likeness (QED) is 0.642. The number of carbonyl (C=O) groups is 1. The molecule has 1 saturated carbocycles. The number of amides is 1. The molecule has 1 saturated heterocycles. The van der Waals surface area contributed by atoms with Gasteiger partial charge in [0.25, 0.3) is 10.0 Å². The summed E-state index contributed by atoms with van der Waals surface area (Å²) in [6.45, 7) is 3.53. The summed E-state index contributed by atoms with van der Waals surface area (Å²) >= 11 is 0. The van der Waals surface area contributed by atoms with E-state index in [1.807, 2.05) is 4.90 Å². The van der Waals surface area contributed by atoms with Gasteiger partial charge in [0.15, 0.2) is 0 Å². The number of nitrogens with one attached hydrogen (secondary N) is 2. The van der Waals surface area contributed by atoms with Crippen molar-refractivity contribution in [1.82, 2.24) is 14.5 Å². The van der Waals surface area contributed by atoms with Gasteiger partial charge in [0.2, 0.25) is 11.9 Å². The number of hydrogen-bond acceptors (Lipinski definition) is 4. The highest BCUT2D eigenvalue weighted by Crippen LogP contribution is 2.28. The van der Waals surface area contributed by atoms with Crippen LogP contribution in [0, 0.1) is 5.41 Å². The molecule has 160 valence electrons. The zero-order valence-corrected chi connectivity index (χ0v) is 18.0. The first-order valence-electron chi connectivity index (χ1n) is 10.7. The Kier molecular flexibility index (Phi) is 7.16. The van der Waals surface area contributed by atoms with Crippen LogP contribution in [-0.2, 0) is 21.2 Å². The van der Waals surface area contributed by atoms with Crippen LogP contribution in [0.25, 0.3) is 0 Å². The molecule has 0 bridgehead atoms. The maximum Gasteiger partial charge on any atom is 0.266 e. The topological polar surface area (TPSA) is 93.6 Å². The second-order valence-corrected chi connectivity index (χ2v) is 9.74. The fourth-order valence-corrected chi connectivity index (χ4v) is 5.48. The van der Waals surface area contributed by atoms with E-state index in [1.165, 1.54) is 4.31 Å². The predicted octanol–water partition coefficient (Wildman–Crippen LogP) is 2.72. The second kappa shape index (κ2) is 9.61. The summed E-state index contributed by atoms with van der Waals surface area (Å²) < 4.78 is 27.3. The highest BCUT2D eigenvalue weighted by molar-refractivity contribution is 7.89. The molecule has 29 heavy (non-hydrogen) atoms. The Morgan fingerprint density at radius 2 is 1.86 bits per heavy atom. The van der Waals surface area contributed by atoms with E-state index in [0.29, 0.717) is 38.5 Å². The first-order chi connectivity index (χ1) is 13.9. The number of carbonyl (C=O) groups excluding carboxylic acids is 1. The van der Waals surface area contributed by atoms with E-state index in [1.54, 1.807) is 24.3 Å². The molecular weight excluding hydrogens is 388 g/mol. The Labute approximate surface area is 174 Å². The third-order valence-electron chi connectivity index (χ3n) is 5.82. The van der Waals surface area contributed by atoms with Crippen molar-refractivity contribution in [1.29, 1.82) is 5.41 Å². The zero-order valence-electron chi connectivity index (χ0n) is 17.2. The monoisotopic (exact) mass is 420 g/mol. The lowest BCUT2D eigenvalue weighted by molar-refractivity contribution is -0.121. The highest BCUT2D eigenvalue weighted by atomic mass is 32.2. The van der Waals surface area contributed by atoms with Crippen molar-refractivity contribution in [3.63, 3.8) is 0 Å². The van der Waals surface area contributed by atoms with Gasteiger partial charge in [-0.1, -0.05) is 38.3 Å². The molecule has 1 amide bonds. The molecule has 2 aliphatic rings. The summed E-state index contributed by atoms with van der Waals surface area (Å²) in [6.07, 6.45) is 7.49. The predicted molar refractivity (Wildman–Crippen MR) is 113 cm³/mol. The minimum absolute atomic E-state index is 0.0606. The van der Waals surface area contributed by atoms with E-state index in [-0.39, 0.29) is 16.8 Å². The van der Waals surface area contributed by atoms with Gasteiger partial charge in [-0.2, -0.15) is 0 Å². The molecule has 1 aliphatic carbocycles. The number of guanidine groups is 1. The maximum absolute atomic E-state index is 13.0. The van der Waals surface area contributed by atoms with Crippen LogP contribution in [0.3, 0.4) is 0 Å². The number of benzene rings is 1. The summed E-state index contributed by atoms with van der Waals surface area (Å²) in [5, 5.41) is 11.3. The first kappa shape index (κ1) is 21.6. The van der Waals surface area contributed by atoms with Gasteiger partial charge in [-0.3, -0.25) is 10.2 Å². The van der Waals surface area contributed by atoms with Gasteiger partial charge in [-0.25, -0.2) is 12.7 Å². The summed E-state index contributed by atoms with van der Waals surface area (Å²) in [5.74, 6) is 0.168. The standard InChI is InChI=1S/C21H32N4O3S/c1-2-3-8-20(26)23-14-13-17-9-11-19(12-10-17)29(27,28)25-16-15-24(21(25)22)18-6-4-5-7-18/h9-12,18,22H,2-8,13-16H2,1H3,(H,23,26). The summed E-state index contributed by atoms with van der Waals surface area (Å²) in [7, 11) is -3.71. The van der Waals surface area contributed by atoms with E-state index < -0.39 is 10.0 Å². The van der Waals surface area contributed by atoms with E-state index in [0.717, 1.165) is 44.1 Å². The van der Waals surface area contributed by atoms with Crippen LogP contribution in [0.15, 0.2) is 29.2 Å². The third kappa shape index (κ3) is 5.10. The summed E-state index contributed by atoms with van der Waals surface area (Å²) in [4.78, 5) is 13.8. The van der Waals surface area contributed by atoms with E-state index >= 15 is 0 Å². The molecule has 0 atom stereocenters. The van der Waals surface area contributed by atoms with Crippen LogP contribution in [0.5, 0.6) is 0 Å². The molecule has 0 radical (unpaired) electrons. The molecule has 2 N–H and O–H groups in total. The van der Waals surface area contributed by atoms with Crippen molar-refractivity contribution in [2.45, 2.75) is 69.2 Å². The van der Waals surface area contributed by atoms with E-state index in [9.17, 15) is 13.2 Å². The molecule has 1 heterocycles. The summed E-state index contributed by atoms with van der Waals surface area (Å²) in [5.41, 5.74) is 0.976. The third-order valence-corrected chi connectivity index (χ3v) is 7.63. The van der Waals surface area contributed by atoms with Crippen LogP contribution in [0.1, 0.15) is 57.4 Å². The highest BCUT2D eigenvalue weighted by Gasteiger charge is 2.38. The van der Waals surface area contributed by atoms with Gasteiger partial charge < -0.3 is 10.2 Å². The normalized spacial score (nSPS) is 17.9. The van der Waals surface area contributed by atoms with Gasteiger partial charge in [-0.15, -0.1) is 0 Å². The average molecular weight is 421 g/mol. The van der Waals surface area contributed by atoms with Gasteiger partial charge >= 0.3 is 0 Å². The van der Waals surface area contributed by atoms with Crippen molar-refractivity contribution >= 4 is 21.9 Å². The molecule has 0 aromatic heterocycles. The van der Waals surface area contributed by atoms with Crippen LogP contribution in [0.2, 0.25) is 0 Å². The smallest absolute Gasteiger partial charge is 0.266 e. The Bertz CT molecular complexity index is 817. The van der Waals surface area contributed by atoms with E-state index in [4.69, 9.17) is 5.41 Å². The van der Waals surface area contributed by atoms with Crippen molar-refractivity contribution in [3.05, 3.63) is 29.8 Å². The Balaban J connectivity index is 1.57. The molecule has 8 heteroatoms. The molecule has 1 aliphatic heterocycles. The molecule has 0 unspecified atom stereocenters. The average Bonchev–Trinajstić information content (AvgIpc) is 3.36. The maximum atomic E-state index is 13.0. The fraction of sp³-hybridized carbons (Fsp3) is 0.619. The van der Waals surface area contributed by atoms with E-state index in [2.05, 4.69) is 12.2 Å². The van der Waals surface area contributed by atoms with Gasteiger partial charge in [0, 0.05) is 25.6 Å². The fourth-order valence-electron chi connectivity index (χ4n) is 4.09. The number of unbranched alkanes of at least 4 members (excludes halogenated alkanes) is 1. The lowest BCUT2D eigenvalue weighted by atomic mass is 10.1. The number of nitrogens with zero attached hydrogens (tertiary/aromatic N) is 2. The molecule has 3 rings (SSSR count). The molecule has 1 aromatic carbocycles. The molecule has 2 fully saturated rings. The Morgan fingerprint density at radius 1 is 1.17 bits per heavy atom. The molecular formula is C21H32N4O3S. The Morgan fingerprint density at radius 3 is 2.52 bits per heavy atom. The minimum Gasteiger partial charge on any atom is -0.356 e. The lowest BCUT2D eigenvalue weighted by Crippen LogP contribution is -2.40. The van der Waals surface area contributed by atoms with Crippen molar-refractivity contribution in [2.75, 3.05) is 19.6 Å². The van der Waals surface area contributed by atoms with Crippen LogP contribution in [0.4, 0.5) is 0 Å². The summed E-state index contributed by atoms with van der Waals surface area (Å²) in [6, 6.07) is 7.10. The SMILES string of the molecule is CCCCC(=O)NCCc1ccc(S(=O)(=O)N2CCN(C3CCCC3)C2=N)cc1.